The number of hydrogen-bond acceptors (Lipinski definition) is 8. The molecule has 0 spiro atoms. The Kier molecular flexibility index (Phi) is 6.04. The molecule has 0 amide bonds. The maximum atomic E-state index is 11.7. The summed E-state index contributed by atoms with van der Waals surface area (Å²) in [5.74, 6) is 0.990. The Morgan fingerprint density at radius 3 is 2.24 bits per heavy atom. The first kappa shape index (κ1) is 18.4. The zero-order valence-corrected chi connectivity index (χ0v) is 14.9. The molecule has 0 aliphatic rings. The van der Waals surface area contributed by atoms with E-state index in [1.54, 1.807) is 6.08 Å². The highest BCUT2D eigenvalue weighted by Crippen LogP contribution is 2.17. The maximum Gasteiger partial charge on any atom is 0.330 e. The van der Waals surface area contributed by atoms with Crippen LogP contribution in [0.4, 0.5) is 11.9 Å². The molecule has 9 nitrogen and oxygen atoms in total. The van der Waals surface area contributed by atoms with Gasteiger partial charge in [0.05, 0.1) is 6.54 Å². The van der Waals surface area contributed by atoms with Crippen molar-refractivity contribution in [2.24, 2.45) is 0 Å². The van der Waals surface area contributed by atoms with E-state index in [9.17, 15) is 4.79 Å². The third kappa shape index (κ3) is 5.55. The predicted molar refractivity (Wildman–Crippen MR) is 96.1 cm³/mol. The van der Waals surface area contributed by atoms with Crippen LogP contribution in [0.25, 0.3) is 0 Å². The monoisotopic (exact) mass is 345 g/mol. The van der Waals surface area contributed by atoms with Crippen LogP contribution in [0.2, 0.25) is 0 Å². The van der Waals surface area contributed by atoms with Crippen LogP contribution < -0.4 is 20.9 Å². The van der Waals surface area contributed by atoms with E-state index in [1.165, 1.54) is 16.8 Å². The topological polar surface area (TPSA) is 107 Å². The summed E-state index contributed by atoms with van der Waals surface area (Å²) in [6, 6.07) is 3.21. The molecule has 0 unspecified atom stereocenters. The van der Waals surface area contributed by atoms with E-state index in [0.717, 1.165) is 0 Å². The fourth-order valence-corrected chi connectivity index (χ4v) is 1.88. The van der Waals surface area contributed by atoms with Crippen molar-refractivity contribution in [2.75, 3.05) is 10.6 Å². The summed E-state index contributed by atoms with van der Waals surface area (Å²) in [6.07, 6.45) is 1.58. The second-order valence-corrected chi connectivity index (χ2v) is 5.95. The highest BCUT2D eigenvalue weighted by Gasteiger charge is 2.11. The molecular weight excluding hydrogens is 322 g/mol. The Morgan fingerprint density at radius 1 is 1.12 bits per heavy atom. The standard InChI is InChI=1S/C16H23N7O2/c1-6-9-23-13(24)8-7-12(22-23)25-16-20-14(17-10(2)3)19-15(21-16)18-11(4)5/h6-8,10-11H,1,9H2,2-5H3,(H2,17,18,19,20,21). The van der Waals surface area contributed by atoms with E-state index >= 15 is 0 Å². The quantitative estimate of drug-likeness (QED) is 0.700. The zero-order valence-electron chi connectivity index (χ0n) is 14.9. The number of aromatic nitrogens is 5. The molecule has 0 bridgehead atoms. The molecule has 0 fully saturated rings. The lowest BCUT2D eigenvalue weighted by atomic mass is 10.4. The molecule has 2 heterocycles. The van der Waals surface area contributed by atoms with E-state index in [4.69, 9.17) is 4.74 Å². The molecule has 2 rings (SSSR count). The summed E-state index contributed by atoms with van der Waals surface area (Å²) in [6.45, 7) is 11.8. The van der Waals surface area contributed by atoms with Crippen molar-refractivity contribution in [3.8, 4) is 11.9 Å². The third-order valence-electron chi connectivity index (χ3n) is 2.79. The van der Waals surface area contributed by atoms with Crippen LogP contribution in [0.1, 0.15) is 27.7 Å². The molecule has 2 aromatic heterocycles. The normalized spacial score (nSPS) is 10.8. The minimum atomic E-state index is -0.243. The largest absolute Gasteiger partial charge is 0.403 e. The Bertz CT molecular complexity index is 758. The van der Waals surface area contributed by atoms with Gasteiger partial charge in [-0.25, -0.2) is 4.68 Å². The Morgan fingerprint density at radius 2 is 1.72 bits per heavy atom. The molecule has 0 aromatic carbocycles. The van der Waals surface area contributed by atoms with Gasteiger partial charge in [0.25, 0.3) is 5.56 Å². The first-order valence-electron chi connectivity index (χ1n) is 8.03. The Labute approximate surface area is 146 Å². The van der Waals surface area contributed by atoms with Crippen molar-refractivity contribution in [1.82, 2.24) is 24.7 Å². The van der Waals surface area contributed by atoms with E-state index in [1.807, 2.05) is 27.7 Å². The molecular formula is C16H23N7O2. The highest BCUT2D eigenvalue weighted by molar-refractivity contribution is 5.37. The van der Waals surface area contributed by atoms with Crippen molar-refractivity contribution in [1.29, 1.82) is 0 Å². The summed E-state index contributed by atoms with van der Waals surface area (Å²) < 4.78 is 6.86. The number of nitrogens with one attached hydrogen (secondary N) is 2. The second-order valence-electron chi connectivity index (χ2n) is 5.95. The van der Waals surface area contributed by atoms with Crippen molar-refractivity contribution in [3.63, 3.8) is 0 Å². The SMILES string of the molecule is C=CCn1nc(Oc2nc(NC(C)C)nc(NC(C)C)n2)ccc1=O. The number of allylic oxidation sites excluding steroid dienone is 1. The molecule has 2 aromatic rings. The molecule has 0 aliphatic carbocycles. The minimum absolute atomic E-state index is 0.0811. The minimum Gasteiger partial charge on any atom is -0.403 e. The number of anilines is 2. The number of hydrogen-bond donors (Lipinski definition) is 2. The summed E-state index contributed by atoms with van der Waals surface area (Å²) in [4.78, 5) is 24.5. The second kappa shape index (κ2) is 8.22. The number of ether oxygens (including phenoxy) is 1. The van der Waals surface area contributed by atoms with E-state index in [0.29, 0.717) is 11.9 Å². The summed E-state index contributed by atoms with van der Waals surface area (Å²) >= 11 is 0. The van der Waals surface area contributed by atoms with E-state index in [-0.39, 0.29) is 36.1 Å². The lowest BCUT2D eigenvalue weighted by molar-refractivity contribution is 0.404. The molecule has 2 N–H and O–H groups in total. The average Bonchev–Trinajstić information content (AvgIpc) is 2.49. The van der Waals surface area contributed by atoms with Crippen molar-refractivity contribution in [3.05, 3.63) is 35.1 Å². The van der Waals surface area contributed by atoms with Gasteiger partial charge >= 0.3 is 6.01 Å². The van der Waals surface area contributed by atoms with Gasteiger partial charge in [-0.2, -0.15) is 15.0 Å². The van der Waals surface area contributed by atoms with Crippen LogP contribution >= 0.6 is 0 Å². The van der Waals surface area contributed by atoms with Crippen LogP contribution in [0.15, 0.2) is 29.6 Å². The molecule has 0 saturated heterocycles. The summed E-state index contributed by atoms with van der Waals surface area (Å²) in [5.41, 5.74) is -0.243. The fraction of sp³-hybridized carbons (Fsp3) is 0.438. The van der Waals surface area contributed by atoms with Crippen LogP contribution in [0, 0.1) is 0 Å². The van der Waals surface area contributed by atoms with Gasteiger partial charge in [-0.1, -0.05) is 6.08 Å². The van der Waals surface area contributed by atoms with Gasteiger partial charge in [0, 0.05) is 24.2 Å². The fourth-order valence-electron chi connectivity index (χ4n) is 1.88. The summed E-state index contributed by atoms with van der Waals surface area (Å²) in [5, 5.41) is 10.3. The van der Waals surface area contributed by atoms with Crippen LogP contribution in [-0.2, 0) is 6.54 Å². The lowest BCUT2D eigenvalue weighted by Gasteiger charge is -2.13. The van der Waals surface area contributed by atoms with Crippen molar-refractivity contribution >= 4 is 11.9 Å². The molecule has 25 heavy (non-hydrogen) atoms. The smallest absolute Gasteiger partial charge is 0.330 e. The average molecular weight is 345 g/mol. The summed E-state index contributed by atoms with van der Waals surface area (Å²) in [7, 11) is 0. The third-order valence-corrected chi connectivity index (χ3v) is 2.79. The highest BCUT2D eigenvalue weighted by atomic mass is 16.5. The van der Waals surface area contributed by atoms with Crippen LogP contribution in [-0.4, -0.2) is 36.8 Å². The van der Waals surface area contributed by atoms with Gasteiger partial charge in [0.15, 0.2) is 0 Å². The maximum absolute atomic E-state index is 11.7. The Balaban J connectivity index is 2.32. The van der Waals surface area contributed by atoms with Crippen molar-refractivity contribution < 1.29 is 4.74 Å². The zero-order chi connectivity index (χ0) is 18.4. The van der Waals surface area contributed by atoms with Gasteiger partial charge in [-0.15, -0.1) is 11.7 Å². The Hall–Kier alpha value is -2.97. The molecule has 9 heteroatoms. The van der Waals surface area contributed by atoms with Crippen molar-refractivity contribution in [2.45, 2.75) is 46.3 Å². The van der Waals surface area contributed by atoms with Gasteiger partial charge in [-0.3, -0.25) is 4.79 Å². The van der Waals surface area contributed by atoms with Gasteiger partial charge < -0.3 is 15.4 Å². The van der Waals surface area contributed by atoms with E-state index < -0.39 is 0 Å². The van der Waals surface area contributed by atoms with Crippen LogP contribution in [0.5, 0.6) is 11.9 Å². The molecule has 0 atom stereocenters. The lowest BCUT2D eigenvalue weighted by Crippen LogP contribution is -2.21. The molecule has 0 saturated carbocycles. The number of rotatable bonds is 8. The van der Waals surface area contributed by atoms with Crippen LogP contribution in [0.3, 0.4) is 0 Å². The predicted octanol–water partition coefficient (Wildman–Crippen LogP) is 2.05. The number of nitrogens with zero attached hydrogens (tertiary/aromatic N) is 5. The molecule has 0 radical (unpaired) electrons. The van der Waals surface area contributed by atoms with Gasteiger partial charge in [-0.05, 0) is 27.7 Å². The van der Waals surface area contributed by atoms with E-state index in [2.05, 4.69) is 37.3 Å². The van der Waals surface area contributed by atoms with Gasteiger partial charge in [0.2, 0.25) is 17.8 Å². The first-order valence-corrected chi connectivity index (χ1v) is 8.03. The first-order chi connectivity index (χ1) is 11.9. The molecule has 0 aliphatic heterocycles. The molecule has 134 valence electrons. The van der Waals surface area contributed by atoms with Gasteiger partial charge in [0.1, 0.15) is 0 Å².